The van der Waals surface area contributed by atoms with Crippen LogP contribution in [0.5, 0.6) is 0 Å². The van der Waals surface area contributed by atoms with Gasteiger partial charge in [0.25, 0.3) is 0 Å². The molecule has 16 heavy (non-hydrogen) atoms. The van der Waals surface area contributed by atoms with Gasteiger partial charge in [-0.25, -0.2) is 13.1 Å². The zero-order valence-electron chi connectivity index (χ0n) is 10.2. The molecule has 0 aliphatic rings. The summed E-state index contributed by atoms with van der Waals surface area (Å²) in [4.78, 5) is 0. The van der Waals surface area contributed by atoms with Gasteiger partial charge in [-0.15, -0.1) is 0 Å². The first-order valence-electron chi connectivity index (χ1n) is 5.77. The molecule has 0 aliphatic carbocycles. The number of nitrogens with one attached hydrogen (secondary N) is 1. The SMILES string of the molecule is CCOCCS(=O)(=O)NCCCC(C)CN. The summed E-state index contributed by atoms with van der Waals surface area (Å²) in [6, 6.07) is 0. The molecule has 0 amide bonds. The van der Waals surface area contributed by atoms with Gasteiger partial charge >= 0.3 is 0 Å². The summed E-state index contributed by atoms with van der Waals surface area (Å²) in [7, 11) is -3.16. The minimum absolute atomic E-state index is 0.0350. The predicted molar refractivity (Wildman–Crippen MR) is 65.7 cm³/mol. The van der Waals surface area contributed by atoms with Crippen molar-refractivity contribution in [3.8, 4) is 0 Å². The third-order valence-corrected chi connectivity index (χ3v) is 3.65. The summed E-state index contributed by atoms with van der Waals surface area (Å²) in [5, 5.41) is 0. The molecule has 0 radical (unpaired) electrons. The molecule has 0 aromatic rings. The lowest BCUT2D eigenvalue weighted by atomic mass is 10.1. The molecule has 0 aromatic carbocycles. The third-order valence-electron chi connectivity index (χ3n) is 2.30. The van der Waals surface area contributed by atoms with Crippen LogP contribution in [0.4, 0.5) is 0 Å². The Morgan fingerprint density at radius 2 is 2.12 bits per heavy atom. The molecule has 98 valence electrons. The van der Waals surface area contributed by atoms with E-state index in [1.54, 1.807) is 0 Å². The first-order chi connectivity index (χ1) is 7.52. The minimum Gasteiger partial charge on any atom is -0.381 e. The van der Waals surface area contributed by atoms with E-state index in [0.29, 0.717) is 25.6 Å². The second-order valence-electron chi connectivity index (χ2n) is 3.89. The maximum atomic E-state index is 11.4. The van der Waals surface area contributed by atoms with E-state index < -0.39 is 10.0 Å². The highest BCUT2D eigenvalue weighted by Crippen LogP contribution is 2.02. The van der Waals surface area contributed by atoms with Crippen molar-refractivity contribution in [2.24, 2.45) is 11.7 Å². The van der Waals surface area contributed by atoms with Gasteiger partial charge in [0.15, 0.2) is 0 Å². The van der Waals surface area contributed by atoms with Crippen molar-refractivity contribution in [1.82, 2.24) is 4.72 Å². The van der Waals surface area contributed by atoms with Crippen LogP contribution in [0.1, 0.15) is 26.7 Å². The molecule has 0 rings (SSSR count). The second kappa shape index (κ2) is 8.92. The molecule has 6 heteroatoms. The van der Waals surface area contributed by atoms with Crippen LogP contribution < -0.4 is 10.5 Å². The molecule has 0 saturated carbocycles. The monoisotopic (exact) mass is 252 g/mol. The Bertz CT molecular complexity index is 255. The molecule has 0 heterocycles. The largest absolute Gasteiger partial charge is 0.381 e. The maximum Gasteiger partial charge on any atom is 0.213 e. The van der Waals surface area contributed by atoms with E-state index in [9.17, 15) is 8.42 Å². The Labute approximate surface area is 98.8 Å². The molecule has 0 aliphatic heterocycles. The van der Waals surface area contributed by atoms with Crippen LogP contribution in [0.3, 0.4) is 0 Å². The van der Waals surface area contributed by atoms with E-state index >= 15 is 0 Å². The average Bonchev–Trinajstić information content (AvgIpc) is 2.24. The molecule has 0 aromatic heterocycles. The summed E-state index contributed by atoms with van der Waals surface area (Å²) in [5.41, 5.74) is 5.47. The van der Waals surface area contributed by atoms with Gasteiger partial charge in [-0.2, -0.15) is 0 Å². The summed E-state index contributed by atoms with van der Waals surface area (Å²) in [6.45, 7) is 5.84. The van der Waals surface area contributed by atoms with E-state index in [1.165, 1.54) is 0 Å². The molecular formula is C10H24N2O3S. The van der Waals surface area contributed by atoms with Crippen LogP contribution in [-0.4, -0.2) is 40.5 Å². The van der Waals surface area contributed by atoms with Gasteiger partial charge in [-0.1, -0.05) is 6.92 Å². The van der Waals surface area contributed by atoms with Gasteiger partial charge in [0.05, 0.1) is 12.4 Å². The number of ether oxygens (including phenoxy) is 1. The number of nitrogens with two attached hydrogens (primary N) is 1. The standard InChI is InChI=1S/C10H24N2O3S/c1-3-15-7-8-16(13,14)12-6-4-5-10(2)9-11/h10,12H,3-9,11H2,1-2H3. The molecule has 0 bridgehead atoms. The topological polar surface area (TPSA) is 81.4 Å². The number of hydrogen-bond donors (Lipinski definition) is 2. The zero-order valence-corrected chi connectivity index (χ0v) is 11.1. The van der Waals surface area contributed by atoms with Crippen LogP contribution in [0, 0.1) is 5.92 Å². The summed E-state index contributed by atoms with van der Waals surface area (Å²) >= 11 is 0. The highest BCUT2D eigenvalue weighted by molar-refractivity contribution is 7.89. The highest BCUT2D eigenvalue weighted by atomic mass is 32.2. The van der Waals surface area contributed by atoms with Crippen LogP contribution >= 0.6 is 0 Å². The van der Waals surface area contributed by atoms with E-state index in [1.807, 2.05) is 6.92 Å². The number of sulfonamides is 1. The van der Waals surface area contributed by atoms with Crippen LogP contribution in [0.2, 0.25) is 0 Å². The van der Waals surface area contributed by atoms with Gasteiger partial charge in [0.2, 0.25) is 10.0 Å². The predicted octanol–water partition coefficient (Wildman–Crippen LogP) is 0.317. The fraction of sp³-hybridized carbons (Fsp3) is 1.00. The number of hydrogen-bond acceptors (Lipinski definition) is 4. The smallest absolute Gasteiger partial charge is 0.213 e. The van der Waals surface area contributed by atoms with E-state index in [-0.39, 0.29) is 12.4 Å². The Hall–Kier alpha value is -0.170. The molecule has 1 atom stereocenters. The fourth-order valence-electron chi connectivity index (χ4n) is 1.18. The van der Waals surface area contributed by atoms with Gasteiger partial charge in [0.1, 0.15) is 0 Å². The Balaban J connectivity index is 3.58. The molecule has 0 fully saturated rings. The van der Waals surface area contributed by atoms with Gasteiger partial charge < -0.3 is 10.5 Å². The molecule has 0 saturated heterocycles. The Kier molecular flexibility index (Phi) is 8.83. The van der Waals surface area contributed by atoms with Crippen LogP contribution in [0.15, 0.2) is 0 Å². The van der Waals surface area contributed by atoms with Crippen LogP contribution in [-0.2, 0) is 14.8 Å². The van der Waals surface area contributed by atoms with Crippen LogP contribution in [0.25, 0.3) is 0 Å². The van der Waals surface area contributed by atoms with Crippen molar-refractivity contribution in [2.45, 2.75) is 26.7 Å². The molecule has 3 N–H and O–H groups in total. The quantitative estimate of drug-likeness (QED) is 0.549. The van der Waals surface area contributed by atoms with E-state index in [4.69, 9.17) is 10.5 Å². The summed E-state index contributed by atoms with van der Waals surface area (Å²) in [5.74, 6) is 0.487. The normalized spacial score (nSPS) is 13.9. The second-order valence-corrected chi connectivity index (χ2v) is 5.82. The molecule has 5 nitrogen and oxygen atoms in total. The number of rotatable bonds is 10. The summed E-state index contributed by atoms with van der Waals surface area (Å²) in [6.07, 6.45) is 1.77. The fourth-order valence-corrected chi connectivity index (χ4v) is 2.12. The van der Waals surface area contributed by atoms with Crippen molar-refractivity contribution in [3.63, 3.8) is 0 Å². The van der Waals surface area contributed by atoms with Crippen molar-refractivity contribution in [1.29, 1.82) is 0 Å². The van der Waals surface area contributed by atoms with Crippen molar-refractivity contribution in [2.75, 3.05) is 32.1 Å². The lowest BCUT2D eigenvalue weighted by molar-refractivity contribution is 0.163. The van der Waals surface area contributed by atoms with Gasteiger partial charge in [-0.05, 0) is 32.2 Å². The van der Waals surface area contributed by atoms with Gasteiger partial charge in [0, 0.05) is 13.2 Å². The van der Waals surface area contributed by atoms with Gasteiger partial charge in [-0.3, -0.25) is 0 Å². The van der Waals surface area contributed by atoms with Crippen molar-refractivity contribution < 1.29 is 13.2 Å². The minimum atomic E-state index is -3.16. The highest BCUT2D eigenvalue weighted by Gasteiger charge is 2.09. The maximum absolute atomic E-state index is 11.4. The van der Waals surface area contributed by atoms with Crippen molar-refractivity contribution >= 4 is 10.0 Å². The first-order valence-corrected chi connectivity index (χ1v) is 7.42. The van der Waals surface area contributed by atoms with E-state index in [0.717, 1.165) is 12.8 Å². The van der Waals surface area contributed by atoms with E-state index in [2.05, 4.69) is 11.6 Å². The molecule has 1 unspecified atom stereocenters. The molecule has 0 spiro atoms. The molecular weight excluding hydrogens is 228 g/mol. The Morgan fingerprint density at radius 3 is 2.69 bits per heavy atom. The average molecular weight is 252 g/mol. The first kappa shape index (κ1) is 15.8. The zero-order chi connectivity index (χ0) is 12.4. The lowest BCUT2D eigenvalue weighted by Crippen LogP contribution is -2.29. The third kappa shape index (κ3) is 9.08. The lowest BCUT2D eigenvalue weighted by Gasteiger charge is -2.09. The van der Waals surface area contributed by atoms with Crippen molar-refractivity contribution in [3.05, 3.63) is 0 Å². The summed E-state index contributed by atoms with van der Waals surface area (Å²) < 4.78 is 30.4. The Morgan fingerprint density at radius 1 is 1.44 bits per heavy atom.